The molecule has 0 unspecified atom stereocenters. The predicted molar refractivity (Wildman–Crippen MR) is 134 cm³/mol. The van der Waals surface area contributed by atoms with Crippen LogP contribution in [-0.2, 0) is 17.8 Å². The fourth-order valence-corrected chi connectivity index (χ4v) is 4.43. The number of carbonyl (C=O) groups excluding carboxylic acids is 1. The second kappa shape index (κ2) is 10.6. The van der Waals surface area contributed by atoms with Crippen LogP contribution in [-0.4, -0.2) is 27.0 Å². The van der Waals surface area contributed by atoms with E-state index in [4.69, 9.17) is 5.73 Å². The summed E-state index contributed by atoms with van der Waals surface area (Å²) in [4.78, 5) is 46.7. The van der Waals surface area contributed by atoms with Crippen LogP contribution in [0.1, 0.15) is 44.9 Å². The van der Waals surface area contributed by atoms with Gasteiger partial charge in [0.05, 0.1) is 12.1 Å². The van der Waals surface area contributed by atoms with Crippen molar-refractivity contribution in [2.45, 2.75) is 53.5 Å². The van der Waals surface area contributed by atoms with Crippen LogP contribution in [0.3, 0.4) is 0 Å². The molecule has 3 rings (SSSR count). The molecule has 3 N–H and O–H groups in total. The van der Waals surface area contributed by atoms with Gasteiger partial charge in [-0.05, 0) is 25.3 Å². The number of carbonyl (C=O) groups is 1. The van der Waals surface area contributed by atoms with Gasteiger partial charge in [0.15, 0.2) is 5.69 Å². The minimum atomic E-state index is -0.652. The molecule has 8 nitrogen and oxygen atoms in total. The molecule has 2 heterocycles. The van der Waals surface area contributed by atoms with Gasteiger partial charge in [-0.2, -0.15) is 0 Å². The molecular weight excluding hydrogens is 438 g/mol. The third kappa shape index (κ3) is 5.78. The molecule has 1 amide bonds. The molecule has 33 heavy (non-hydrogen) atoms. The Kier molecular flexibility index (Phi) is 7.86. The Morgan fingerprint density at radius 1 is 1.30 bits per heavy atom. The maximum Gasteiger partial charge on any atom is 0.330 e. The fraction of sp³-hybridized carbons (Fsp3) is 0.417. The molecule has 0 aliphatic heterocycles. The number of unbranched alkanes of at least 4 members (excludes halogenated alkanes) is 1. The number of hydrogen-bond donors (Lipinski definition) is 2. The van der Waals surface area contributed by atoms with Crippen molar-refractivity contribution in [2.75, 3.05) is 17.2 Å². The summed E-state index contributed by atoms with van der Waals surface area (Å²) >= 11 is 1.48. The third-order valence-corrected chi connectivity index (χ3v) is 6.16. The summed E-state index contributed by atoms with van der Waals surface area (Å²) in [5.74, 6) is -0.129. The fourth-order valence-electron chi connectivity index (χ4n) is 3.61. The molecule has 2 aromatic heterocycles. The number of anilines is 2. The van der Waals surface area contributed by atoms with Crippen molar-refractivity contribution < 1.29 is 4.79 Å². The highest BCUT2D eigenvalue weighted by Crippen LogP contribution is 2.26. The van der Waals surface area contributed by atoms with Gasteiger partial charge in [0.1, 0.15) is 10.8 Å². The van der Waals surface area contributed by atoms with Crippen LogP contribution in [0.4, 0.5) is 11.5 Å². The van der Waals surface area contributed by atoms with Crippen LogP contribution < -0.4 is 21.9 Å². The van der Waals surface area contributed by atoms with Gasteiger partial charge in [0.2, 0.25) is 5.91 Å². The molecule has 0 aliphatic rings. The quantitative estimate of drug-likeness (QED) is 0.497. The molecule has 9 heteroatoms. The van der Waals surface area contributed by atoms with Gasteiger partial charge in [-0.15, -0.1) is 11.3 Å². The summed E-state index contributed by atoms with van der Waals surface area (Å²) in [5, 5.41) is 2.70. The number of nitrogen functional groups attached to an aromatic ring is 1. The lowest BCUT2D eigenvalue weighted by Crippen LogP contribution is -2.42. The van der Waals surface area contributed by atoms with Crippen LogP contribution >= 0.6 is 11.3 Å². The van der Waals surface area contributed by atoms with E-state index >= 15 is 0 Å². The Labute approximate surface area is 197 Å². The van der Waals surface area contributed by atoms with E-state index in [0.29, 0.717) is 25.2 Å². The molecule has 3 aromatic rings. The first-order valence-electron chi connectivity index (χ1n) is 11.2. The zero-order valence-corrected chi connectivity index (χ0v) is 20.4. The topological polar surface area (TPSA) is 114 Å². The van der Waals surface area contributed by atoms with Gasteiger partial charge in [-0.3, -0.25) is 19.1 Å². The van der Waals surface area contributed by atoms with Crippen molar-refractivity contribution in [3.63, 3.8) is 0 Å². The van der Waals surface area contributed by atoms with Gasteiger partial charge in [-0.25, -0.2) is 9.78 Å². The summed E-state index contributed by atoms with van der Waals surface area (Å²) in [7, 11) is 0. The predicted octanol–water partition coefficient (Wildman–Crippen LogP) is 3.58. The SMILES string of the molecule is CCCCN(C(=O)Cc1csc(-c2cccc(C)c2)n1)c1c(N)n(CC(C)C)c(=O)[nH]c1=O. The van der Waals surface area contributed by atoms with E-state index < -0.39 is 11.2 Å². The van der Waals surface area contributed by atoms with E-state index in [2.05, 4.69) is 16.0 Å². The number of rotatable bonds is 9. The molecule has 176 valence electrons. The first-order chi connectivity index (χ1) is 15.7. The first kappa shape index (κ1) is 24.4. The van der Waals surface area contributed by atoms with Gasteiger partial charge in [-0.1, -0.05) is 51.0 Å². The van der Waals surface area contributed by atoms with Crippen molar-refractivity contribution >= 4 is 28.7 Å². The monoisotopic (exact) mass is 469 g/mol. The normalized spacial score (nSPS) is 11.2. The first-order valence-corrected chi connectivity index (χ1v) is 12.0. The number of nitrogens with one attached hydrogen (secondary N) is 1. The van der Waals surface area contributed by atoms with Crippen LogP contribution in [0, 0.1) is 12.8 Å². The third-order valence-electron chi connectivity index (χ3n) is 5.22. The number of aromatic nitrogens is 3. The Morgan fingerprint density at radius 3 is 2.73 bits per heavy atom. The summed E-state index contributed by atoms with van der Waals surface area (Å²) in [6.07, 6.45) is 1.56. The Hall–Kier alpha value is -3.20. The molecular formula is C24H31N5O3S. The molecule has 0 saturated carbocycles. The smallest absolute Gasteiger partial charge is 0.330 e. The molecule has 0 aliphatic carbocycles. The lowest BCUT2D eigenvalue weighted by atomic mass is 10.1. The highest BCUT2D eigenvalue weighted by molar-refractivity contribution is 7.13. The minimum absolute atomic E-state index is 0.0145. The number of aromatic amines is 1. The lowest BCUT2D eigenvalue weighted by molar-refractivity contribution is -0.118. The van der Waals surface area contributed by atoms with E-state index in [1.165, 1.54) is 20.8 Å². The van der Waals surface area contributed by atoms with E-state index in [9.17, 15) is 14.4 Å². The van der Waals surface area contributed by atoms with E-state index in [1.807, 2.05) is 51.3 Å². The van der Waals surface area contributed by atoms with Crippen LogP contribution in [0.15, 0.2) is 39.2 Å². The van der Waals surface area contributed by atoms with Crippen LogP contribution in [0.2, 0.25) is 0 Å². The Morgan fingerprint density at radius 2 is 2.06 bits per heavy atom. The number of amides is 1. The molecule has 0 atom stereocenters. The van der Waals surface area contributed by atoms with Crippen LogP contribution in [0.25, 0.3) is 10.6 Å². The van der Waals surface area contributed by atoms with Crippen molar-refractivity contribution in [1.29, 1.82) is 0 Å². The summed E-state index contributed by atoms with van der Waals surface area (Å²) in [6.45, 7) is 8.60. The zero-order valence-electron chi connectivity index (χ0n) is 19.6. The number of nitrogens with zero attached hydrogens (tertiary/aromatic N) is 3. The van der Waals surface area contributed by atoms with Crippen molar-refractivity contribution in [1.82, 2.24) is 14.5 Å². The average molecular weight is 470 g/mol. The zero-order chi connectivity index (χ0) is 24.1. The highest BCUT2D eigenvalue weighted by atomic mass is 32.1. The maximum absolute atomic E-state index is 13.3. The second-order valence-corrected chi connectivity index (χ2v) is 9.44. The summed E-state index contributed by atoms with van der Waals surface area (Å²) in [6, 6.07) is 8.04. The molecule has 0 saturated heterocycles. The number of benzene rings is 1. The molecule has 0 fully saturated rings. The summed E-state index contributed by atoms with van der Waals surface area (Å²) in [5.41, 5.74) is 7.85. The van der Waals surface area contributed by atoms with Gasteiger partial charge in [0, 0.05) is 24.0 Å². The Bertz CT molecular complexity index is 1240. The van der Waals surface area contributed by atoms with Gasteiger partial charge < -0.3 is 10.6 Å². The minimum Gasteiger partial charge on any atom is -0.383 e. The lowest BCUT2D eigenvalue weighted by Gasteiger charge is -2.24. The number of hydrogen-bond acceptors (Lipinski definition) is 6. The Balaban J connectivity index is 1.93. The largest absolute Gasteiger partial charge is 0.383 e. The average Bonchev–Trinajstić information content (AvgIpc) is 3.21. The van der Waals surface area contributed by atoms with E-state index in [-0.39, 0.29) is 29.8 Å². The number of thiazole rings is 1. The molecule has 0 spiro atoms. The van der Waals surface area contributed by atoms with Gasteiger partial charge >= 0.3 is 5.69 Å². The van der Waals surface area contributed by atoms with E-state index in [1.54, 1.807) is 0 Å². The highest BCUT2D eigenvalue weighted by Gasteiger charge is 2.25. The van der Waals surface area contributed by atoms with Gasteiger partial charge in [0.25, 0.3) is 5.56 Å². The van der Waals surface area contributed by atoms with Crippen molar-refractivity contribution in [2.24, 2.45) is 5.92 Å². The number of H-pyrrole nitrogens is 1. The second-order valence-electron chi connectivity index (χ2n) is 8.59. The van der Waals surface area contributed by atoms with Crippen molar-refractivity contribution in [3.8, 4) is 10.6 Å². The van der Waals surface area contributed by atoms with Crippen molar-refractivity contribution in [3.05, 3.63) is 61.7 Å². The molecule has 0 bridgehead atoms. The summed E-state index contributed by atoms with van der Waals surface area (Å²) < 4.78 is 1.33. The molecule has 0 radical (unpaired) electrons. The van der Waals surface area contributed by atoms with Crippen LogP contribution in [0.5, 0.6) is 0 Å². The number of nitrogens with two attached hydrogens (primary N) is 1. The molecule has 1 aromatic carbocycles. The van der Waals surface area contributed by atoms with E-state index in [0.717, 1.165) is 22.6 Å². The standard InChI is InChI=1S/C24H31N5O3S/c1-5-6-10-28(20-21(25)29(13-15(2)3)24(32)27-22(20)31)19(30)12-18-14-33-23(26-18)17-9-7-8-16(4)11-17/h7-9,11,14-15H,5-6,10,12-13,25H2,1-4H3,(H,27,31,32). The maximum atomic E-state index is 13.3. The number of aryl methyl sites for hydroxylation is 1.